The minimum absolute atomic E-state index is 0.605. The van der Waals surface area contributed by atoms with Gasteiger partial charge in [-0.15, -0.1) is 0 Å². The maximum atomic E-state index is 5.62. The van der Waals surface area contributed by atoms with Gasteiger partial charge < -0.3 is 5.43 Å². The quantitative estimate of drug-likeness (QED) is 0.612. The smallest absolute Gasteiger partial charge is 0.0566 e. The van der Waals surface area contributed by atoms with Crippen molar-refractivity contribution in [2.75, 3.05) is 5.43 Å². The van der Waals surface area contributed by atoms with Gasteiger partial charge in [-0.2, -0.15) is 0 Å². The van der Waals surface area contributed by atoms with Gasteiger partial charge in [0.15, 0.2) is 0 Å². The molecular weight excluding hydrogens is 208 g/mol. The van der Waals surface area contributed by atoms with Crippen LogP contribution in [-0.4, -0.2) is 0 Å². The van der Waals surface area contributed by atoms with Crippen molar-refractivity contribution >= 4 is 16.5 Å². The molecule has 17 heavy (non-hydrogen) atoms. The fourth-order valence-electron chi connectivity index (χ4n) is 2.56. The SMILES string of the molecule is CCC(CC)c1cccc2cccc(NN)c12. The number of fused-ring (bicyclic) bond motifs is 1. The van der Waals surface area contributed by atoms with Crippen LogP contribution in [0.3, 0.4) is 0 Å². The molecule has 2 heteroatoms. The van der Waals surface area contributed by atoms with Gasteiger partial charge in [0.1, 0.15) is 0 Å². The summed E-state index contributed by atoms with van der Waals surface area (Å²) in [4.78, 5) is 0. The number of nitrogens with two attached hydrogens (primary N) is 1. The highest BCUT2D eigenvalue weighted by atomic mass is 15.2. The van der Waals surface area contributed by atoms with E-state index in [1.807, 2.05) is 12.1 Å². The van der Waals surface area contributed by atoms with Crippen molar-refractivity contribution in [3.8, 4) is 0 Å². The first kappa shape index (κ1) is 11.9. The zero-order valence-electron chi connectivity index (χ0n) is 10.5. The van der Waals surface area contributed by atoms with E-state index in [-0.39, 0.29) is 0 Å². The lowest BCUT2D eigenvalue weighted by atomic mass is 9.89. The van der Waals surface area contributed by atoms with Crippen LogP contribution in [0.4, 0.5) is 5.69 Å². The number of nitrogen functional groups attached to an aromatic ring is 1. The van der Waals surface area contributed by atoms with Gasteiger partial charge in [0.05, 0.1) is 5.69 Å². The molecule has 0 unspecified atom stereocenters. The zero-order chi connectivity index (χ0) is 12.3. The molecule has 0 bridgehead atoms. The number of rotatable bonds is 4. The van der Waals surface area contributed by atoms with Gasteiger partial charge in [-0.1, -0.05) is 44.2 Å². The third-order valence-electron chi connectivity index (χ3n) is 3.52. The van der Waals surface area contributed by atoms with Gasteiger partial charge in [0.2, 0.25) is 0 Å². The van der Waals surface area contributed by atoms with Crippen LogP contribution in [-0.2, 0) is 0 Å². The Morgan fingerprint density at radius 2 is 1.71 bits per heavy atom. The third-order valence-corrected chi connectivity index (χ3v) is 3.52. The lowest BCUT2D eigenvalue weighted by Crippen LogP contribution is -2.08. The average molecular weight is 228 g/mol. The van der Waals surface area contributed by atoms with E-state index in [1.54, 1.807) is 0 Å². The summed E-state index contributed by atoms with van der Waals surface area (Å²) in [6.07, 6.45) is 2.32. The van der Waals surface area contributed by atoms with Crippen LogP contribution < -0.4 is 11.3 Å². The average Bonchev–Trinajstić information content (AvgIpc) is 2.39. The van der Waals surface area contributed by atoms with Crippen LogP contribution in [0.5, 0.6) is 0 Å². The Morgan fingerprint density at radius 3 is 2.29 bits per heavy atom. The highest BCUT2D eigenvalue weighted by Crippen LogP contribution is 2.34. The molecule has 0 amide bonds. The first-order valence-corrected chi connectivity index (χ1v) is 6.30. The largest absolute Gasteiger partial charge is 0.324 e. The molecule has 0 heterocycles. The molecule has 3 N–H and O–H groups in total. The summed E-state index contributed by atoms with van der Waals surface area (Å²) in [5.74, 6) is 6.22. The van der Waals surface area contributed by atoms with Gasteiger partial charge in [-0.25, -0.2) is 0 Å². The number of anilines is 1. The van der Waals surface area contributed by atoms with Gasteiger partial charge in [0.25, 0.3) is 0 Å². The Morgan fingerprint density at radius 1 is 1.06 bits per heavy atom. The number of nitrogens with one attached hydrogen (secondary N) is 1. The first-order valence-electron chi connectivity index (χ1n) is 6.30. The Bertz CT molecular complexity index is 496. The molecule has 0 fully saturated rings. The molecule has 90 valence electrons. The Labute approximate surface area is 103 Å². The minimum atomic E-state index is 0.605. The van der Waals surface area contributed by atoms with Crippen molar-refractivity contribution in [2.45, 2.75) is 32.6 Å². The normalized spacial score (nSPS) is 11.1. The van der Waals surface area contributed by atoms with Crippen LogP contribution in [0.2, 0.25) is 0 Å². The van der Waals surface area contributed by atoms with Crippen LogP contribution in [0, 0.1) is 0 Å². The van der Waals surface area contributed by atoms with E-state index in [4.69, 9.17) is 5.84 Å². The van der Waals surface area contributed by atoms with Gasteiger partial charge in [-0.3, -0.25) is 5.84 Å². The molecule has 0 radical (unpaired) electrons. The van der Waals surface area contributed by atoms with Crippen LogP contribution in [0.1, 0.15) is 38.2 Å². The molecule has 0 aliphatic carbocycles. The van der Waals surface area contributed by atoms with Crippen molar-refractivity contribution in [3.63, 3.8) is 0 Å². The second-order valence-corrected chi connectivity index (χ2v) is 4.41. The molecule has 0 saturated heterocycles. The van der Waals surface area contributed by atoms with Crippen molar-refractivity contribution < 1.29 is 0 Å². The molecule has 0 aromatic heterocycles. The van der Waals surface area contributed by atoms with Crippen LogP contribution in [0.25, 0.3) is 10.8 Å². The topological polar surface area (TPSA) is 38.0 Å². The fraction of sp³-hybridized carbons (Fsp3) is 0.333. The molecule has 0 saturated carbocycles. The van der Waals surface area contributed by atoms with Gasteiger partial charge in [-0.05, 0) is 35.8 Å². The molecule has 2 nitrogen and oxygen atoms in total. The number of hydrogen-bond acceptors (Lipinski definition) is 2. The summed E-state index contributed by atoms with van der Waals surface area (Å²) in [6, 6.07) is 12.7. The van der Waals surface area contributed by atoms with E-state index in [2.05, 4.69) is 43.5 Å². The highest BCUT2D eigenvalue weighted by Gasteiger charge is 2.12. The fourth-order valence-corrected chi connectivity index (χ4v) is 2.56. The maximum Gasteiger partial charge on any atom is 0.0566 e. The first-order chi connectivity index (χ1) is 8.31. The maximum absolute atomic E-state index is 5.62. The predicted octanol–water partition coefficient (Wildman–Crippen LogP) is 4.03. The Hall–Kier alpha value is -1.54. The standard InChI is InChI=1S/C15H20N2/c1-3-11(4-2)13-9-5-7-12-8-6-10-14(17-16)15(12)13/h5-11,17H,3-4,16H2,1-2H3. The summed E-state index contributed by atoms with van der Waals surface area (Å²) in [6.45, 7) is 4.48. The minimum Gasteiger partial charge on any atom is -0.324 e. The molecule has 2 aromatic rings. The van der Waals surface area contributed by atoms with Gasteiger partial charge >= 0.3 is 0 Å². The van der Waals surface area contributed by atoms with E-state index < -0.39 is 0 Å². The molecule has 2 rings (SSSR count). The summed E-state index contributed by atoms with van der Waals surface area (Å²) in [7, 11) is 0. The van der Waals surface area contributed by atoms with E-state index in [1.165, 1.54) is 16.3 Å². The lowest BCUT2D eigenvalue weighted by Gasteiger charge is -2.17. The molecule has 0 spiro atoms. The second kappa shape index (κ2) is 5.19. The monoisotopic (exact) mass is 228 g/mol. The number of hydrogen-bond donors (Lipinski definition) is 2. The Balaban J connectivity index is 2.70. The number of hydrazine groups is 1. The highest BCUT2D eigenvalue weighted by molar-refractivity contribution is 5.96. The van der Waals surface area contributed by atoms with Crippen molar-refractivity contribution in [3.05, 3.63) is 42.0 Å². The van der Waals surface area contributed by atoms with E-state index in [9.17, 15) is 0 Å². The predicted molar refractivity (Wildman–Crippen MR) is 75.1 cm³/mol. The number of benzene rings is 2. The molecular formula is C15H20N2. The molecule has 0 atom stereocenters. The van der Waals surface area contributed by atoms with E-state index in [0.29, 0.717) is 5.92 Å². The second-order valence-electron chi connectivity index (χ2n) is 4.41. The van der Waals surface area contributed by atoms with Crippen molar-refractivity contribution in [2.24, 2.45) is 5.84 Å². The summed E-state index contributed by atoms with van der Waals surface area (Å²) in [5, 5.41) is 2.52. The molecule has 0 aliphatic rings. The van der Waals surface area contributed by atoms with Crippen molar-refractivity contribution in [1.29, 1.82) is 0 Å². The lowest BCUT2D eigenvalue weighted by molar-refractivity contribution is 0.646. The molecule has 0 aliphatic heterocycles. The van der Waals surface area contributed by atoms with E-state index >= 15 is 0 Å². The van der Waals surface area contributed by atoms with Crippen LogP contribution >= 0.6 is 0 Å². The zero-order valence-corrected chi connectivity index (χ0v) is 10.5. The van der Waals surface area contributed by atoms with Crippen molar-refractivity contribution in [1.82, 2.24) is 0 Å². The molecule has 2 aromatic carbocycles. The summed E-state index contributed by atoms with van der Waals surface area (Å²) >= 11 is 0. The third kappa shape index (κ3) is 2.13. The summed E-state index contributed by atoms with van der Waals surface area (Å²) in [5.41, 5.74) is 5.24. The Kier molecular flexibility index (Phi) is 3.64. The van der Waals surface area contributed by atoms with Gasteiger partial charge in [0, 0.05) is 5.39 Å². The van der Waals surface area contributed by atoms with E-state index in [0.717, 1.165) is 18.5 Å². The summed E-state index contributed by atoms with van der Waals surface area (Å²) < 4.78 is 0. The van der Waals surface area contributed by atoms with Crippen LogP contribution in [0.15, 0.2) is 36.4 Å².